The Kier molecular flexibility index (Phi) is 5.62. The fourth-order valence-electron chi connectivity index (χ4n) is 6.63. The minimum absolute atomic E-state index is 0.0155. The first-order chi connectivity index (χ1) is 14.2. The molecule has 2 atom stereocenters. The van der Waals surface area contributed by atoms with Gasteiger partial charge >= 0.3 is 0 Å². The summed E-state index contributed by atoms with van der Waals surface area (Å²) >= 11 is 0. The predicted molar refractivity (Wildman–Crippen MR) is 111 cm³/mol. The highest BCUT2D eigenvalue weighted by molar-refractivity contribution is 5.98. The van der Waals surface area contributed by atoms with Crippen LogP contribution in [0.25, 0.3) is 0 Å². The Bertz CT molecular complexity index is 783. The molecular formula is C24H32F2N2O2. The number of nitrogens with one attached hydrogen (secondary N) is 2. The number of hydrogen-bond acceptors (Lipinski definition) is 2. The highest BCUT2D eigenvalue weighted by Gasteiger charge is 2.53. The van der Waals surface area contributed by atoms with Crippen molar-refractivity contribution < 1.29 is 18.4 Å². The van der Waals surface area contributed by atoms with Gasteiger partial charge in [-0.25, -0.2) is 8.78 Å². The summed E-state index contributed by atoms with van der Waals surface area (Å²) in [6.45, 7) is 5.72. The molecule has 6 heteroatoms. The zero-order valence-corrected chi connectivity index (χ0v) is 18.0. The van der Waals surface area contributed by atoms with Crippen LogP contribution in [0.3, 0.4) is 0 Å². The normalized spacial score (nSPS) is 31.5. The quantitative estimate of drug-likeness (QED) is 0.718. The molecule has 0 spiro atoms. The number of carbonyl (C=O) groups is 2. The van der Waals surface area contributed by atoms with Gasteiger partial charge in [0.15, 0.2) is 0 Å². The van der Waals surface area contributed by atoms with E-state index in [1.807, 2.05) is 13.8 Å². The van der Waals surface area contributed by atoms with Gasteiger partial charge in [0.1, 0.15) is 23.2 Å². The van der Waals surface area contributed by atoms with Crippen molar-refractivity contribution >= 4 is 11.8 Å². The van der Waals surface area contributed by atoms with Crippen LogP contribution in [-0.4, -0.2) is 23.9 Å². The Morgan fingerprint density at radius 3 is 1.90 bits per heavy atom. The molecule has 2 N–H and O–H groups in total. The molecule has 4 saturated carbocycles. The van der Waals surface area contributed by atoms with E-state index in [9.17, 15) is 18.4 Å². The number of hydrogen-bond donors (Lipinski definition) is 2. The lowest BCUT2D eigenvalue weighted by Crippen LogP contribution is -2.59. The Morgan fingerprint density at radius 1 is 0.933 bits per heavy atom. The van der Waals surface area contributed by atoms with E-state index in [2.05, 4.69) is 17.6 Å². The molecule has 2 amide bonds. The van der Waals surface area contributed by atoms with Crippen LogP contribution >= 0.6 is 0 Å². The topological polar surface area (TPSA) is 58.2 Å². The van der Waals surface area contributed by atoms with Crippen LogP contribution < -0.4 is 10.6 Å². The van der Waals surface area contributed by atoms with E-state index in [0.29, 0.717) is 0 Å². The van der Waals surface area contributed by atoms with Crippen LogP contribution in [0.15, 0.2) is 18.2 Å². The van der Waals surface area contributed by atoms with Crippen LogP contribution in [0.1, 0.15) is 69.7 Å². The summed E-state index contributed by atoms with van der Waals surface area (Å²) in [6.07, 6.45) is 7.50. The van der Waals surface area contributed by atoms with Crippen molar-refractivity contribution in [2.75, 3.05) is 0 Å². The molecule has 0 unspecified atom stereocenters. The molecule has 0 saturated heterocycles. The molecule has 30 heavy (non-hydrogen) atoms. The van der Waals surface area contributed by atoms with Gasteiger partial charge in [-0.05, 0) is 86.7 Å². The molecule has 1 aromatic rings. The van der Waals surface area contributed by atoms with Crippen molar-refractivity contribution in [2.24, 2.45) is 29.1 Å². The third-order valence-corrected chi connectivity index (χ3v) is 7.79. The maximum atomic E-state index is 14.0. The second kappa shape index (κ2) is 7.93. The second-order valence-corrected chi connectivity index (χ2v) is 10.3. The Morgan fingerprint density at radius 2 is 1.43 bits per heavy atom. The molecule has 4 nitrogen and oxygen atoms in total. The standard InChI is InChI=1S/C24H32F2N2O2/c1-13(2)21(28-22(29)20-18(25)5-4-6-19(20)26)23(30)27-14(3)24-10-15-7-16(11-24)9-17(8-15)12-24/h4-6,13-17,21H,7-12H2,1-3H3,(H,27,30)(H,28,29)/t14-,15?,16?,17?,21+,24?/m1/s1. The van der Waals surface area contributed by atoms with Crippen LogP contribution in [-0.2, 0) is 4.79 Å². The fraction of sp³-hybridized carbons (Fsp3) is 0.667. The molecule has 5 rings (SSSR count). The van der Waals surface area contributed by atoms with Crippen LogP contribution in [0.2, 0.25) is 0 Å². The maximum Gasteiger partial charge on any atom is 0.257 e. The molecule has 0 radical (unpaired) electrons. The Labute approximate surface area is 177 Å². The van der Waals surface area contributed by atoms with Crippen LogP contribution in [0.4, 0.5) is 8.78 Å². The summed E-state index contributed by atoms with van der Waals surface area (Å²) in [5.41, 5.74) is -0.502. The van der Waals surface area contributed by atoms with E-state index in [0.717, 1.165) is 29.9 Å². The number of amides is 2. The van der Waals surface area contributed by atoms with E-state index in [-0.39, 0.29) is 23.3 Å². The average Bonchev–Trinajstić information content (AvgIpc) is 2.64. The van der Waals surface area contributed by atoms with Crippen LogP contribution in [0.5, 0.6) is 0 Å². The first-order valence-corrected chi connectivity index (χ1v) is 11.2. The molecule has 164 valence electrons. The SMILES string of the molecule is CC(C)[C@H](NC(=O)c1c(F)cccc1F)C(=O)N[C@H](C)C12CC3CC(CC(C3)C1)C2. The van der Waals surface area contributed by atoms with Gasteiger partial charge in [0, 0.05) is 6.04 Å². The third-order valence-electron chi connectivity index (χ3n) is 7.79. The molecular weight excluding hydrogens is 386 g/mol. The van der Waals surface area contributed by atoms with Crippen molar-refractivity contribution in [3.63, 3.8) is 0 Å². The summed E-state index contributed by atoms with van der Waals surface area (Å²) in [6, 6.07) is 2.45. The lowest BCUT2D eigenvalue weighted by molar-refractivity contribution is -0.128. The van der Waals surface area contributed by atoms with Gasteiger partial charge in [-0.2, -0.15) is 0 Å². The zero-order valence-electron chi connectivity index (χ0n) is 18.0. The predicted octanol–water partition coefficient (Wildman–Crippen LogP) is 4.44. The monoisotopic (exact) mass is 418 g/mol. The highest BCUT2D eigenvalue weighted by atomic mass is 19.1. The summed E-state index contributed by atoms with van der Waals surface area (Å²) in [4.78, 5) is 25.7. The number of rotatable bonds is 6. The molecule has 4 bridgehead atoms. The van der Waals surface area contributed by atoms with Crippen molar-refractivity contribution in [1.29, 1.82) is 0 Å². The lowest BCUT2D eigenvalue weighted by atomic mass is 9.48. The van der Waals surface area contributed by atoms with Crippen LogP contribution in [0, 0.1) is 40.7 Å². The Hall–Kier alpha value is -1.98. The fourth-order valence-corrected chi connectivity index (χ4v) is 6.63. The van der Waals surface area contributed by atoms with E-state index >= 15 is 0 Å². The largest absolute Gasteiger partial charge is 0.351 e. The van der Waals surface area contributed by atoms with Crippen molar-refractivity contribution in [3.8, 4) is 0 Å². The summed E-state index contributed by atoms with van der Waals surface area (Å²) in [5.74, 6) is -0.928. The second-order valence-electron chi connectivity index (χ2n) is 10.3. The van der Waals surface area contributed by atoms with Gasteiger partial charge in [-0.1, -0.05) is 19.9 Å². The van der Waals surface area contributed by atoms with E-state index in [4.69, 9.17) is 0 Å². The molecule has 0 aromatic heterocycles. The number of halogens is 2. The lowest BCUT2D eigenvalue weighted by Gasteiger charge is -2.59. The number of carbonyl (C=O) groups excluding carboxylic acids is 2. The van der Waals surface area contributed by atoms with Gasteiger partial charge in [0.25, 0.3) is 5.91 Å². The summed E-state index contributed by atoms with van der Waals surface area (Å²) in [5, 5.41) is 5.73. The van der Waals surface area contributed by atoms with Crippen molar-refractivity contribution in [3.05, 3.63) is 35.4 Å². The third kappa shape index (κ3) is 3.85. The molecule has 0 aliphatic heterocycles. The first kappa shape index (κ1) is 21.3. The molecule has 4 fully saturated rings. The zero-order chi connectivity index (χ0) is 21.6. The van der Waals surface area contributed by atoms with Crippen molar-refractivity contribution in [2.45, 2.75) is 71.4 Å². The maximum absolute atomic E-state index is 14.0. The van der Waals surface area contributed by atoms with E-state index < -0.39 is 29.1 Å². The average molecular weight is 419 g/mol. The van der Waals surface area contributed by atoms with Gasteiger partial charge < -0.3 is 10.6 Å². The molecule has 0 heterocycles. The summed E-state index contributed by atoms with van der Waals surface area (Å²) in [7, 11) is 0. The highest BCUT2D eigenvalue weighted by Crippen LogP contribution is 2.61. The van der Waals surface area contributed by atoms with E-state index in [1.165, 1.54) is 44.6 Å². The van der Waals surface area contributed by atoms with Gasteiger partial charge in [0.05, 0.1) is 0 Å². The smallest absolute Gasteiger partial charge is 0.257 e. The van der Waals surface area contributed by atoms with Gasteiger partial charge in [-0.15, -0.1) is 0 Å². The van der Waals surface area contributed by atoms with Gasteiger partial charge in [-0.3, -0.25) is 9.59 Å². The number of benzene rings is 1. The van der Waals surface area contributed by atoms with Crippen molar-refractivity contribution in [1.82, 2.24) is 10.6 Å². The molecule has 4 aliphatic carbocycles. The molecule has 1 aromatic carbocycles. The van der Waals surface area contributed by atoms with E-state index in [1.54, 1.807) is 0 Å². The van der Waals surface area contributed by atoms with Gasteiger partial charge in [0.2, 0.25) is 5.91 Å². The molecule has 4 aliphatic rings. The minimum Gasteiger partial charge on any atom is -0.351 e. The Balaban J connectivity index is 1.46. The first-order valence-electron chi connectivity index (χ1n) is 11.2. The summed E-state index contributed by atoms with van der Waals surface area (Å²) < 4.78 is 28.0. The minimum atomic E-state index is -0.933.